The van der Waals surface area contributed by atoms with E-state index in [2.05, 4.69) is 32.9 Å². The summed E-state index contributed by atoms with van der Waals surface area (Å²) >= 11 is -2.27. The van der Waals surface area contributed by atoms with Crippen molar-refractivity contribution in [2.45, 2.75) is 85.4 Å². The van der Waals surface area contributed by atoms with E-state index in [0.717, 1.165) is 13.0 Å². The molecule has 0 radical (unpaired) electrons. The summed E-state index contributed by atoms with van der Waals surface area (Å²) in [6.07, 6.45) is 15.0. The Labute approximate surface area is 154 Å². The van der Waals surface area contributed by atoms with Gasteiger partial charge in [0.05, 0.1) is 0 Å². The van der Waals surface area contributed by atoms with Crippen LogP contribution < -0.4 is 0 Å². The van der Waals surface area contributed by atoms with Crippen LogP contribution in [-0.2, 0) is 4.74 Å². The van der Waals surface area contributed by atoms with Crippen molar-refractivity contribution in [2.75, 3.05) is 19.8 Å². The van der Waals surface area contributed by atoms with E-state index in [4.69, 9.17) is 9.84 Å². The molecule has 2 nitrogen and oxygen atoms in total. The zero-order valence-corrected chi connectivity index (χ0v) is 19.3. The van der Waals surface area contributed by atoms with Crippen LogP contribution in [0.5, 0.6) is 0 Å². The van der Waals surface area contributed by atoms with Crippen LogP contribution in [0.4, 0.5) is 0 Å². The first-order valence-corrected chi connectivity index (χ1v) is 17.8. The quantitative estimate of drug-likeness (QED) is 0.247. The molecule has 0 saturated heterocycles. The molecule has 1 N–H and O–H groups in total. The molecule has 0 heterocycles. The Bertz CT molecular complexity index is 366. The summed E-state index contributed by atoms with van der Waals surface area (Å²) in [4.78, 5) is 0. The standard InChI is InChI=1S/C9H13O2.3C4H9.Sn/c10-6-3-7-11-8-9-4-1-2-5-9;3*1-3-4-2;/h1,4,10H,2-3,6-8H2;3*1,3-4H2,2H3;. The van der Waals surface area contributed by atoms with Gasteiger partial charge in [-0.1, -0.05) is 0 Å². The van der Waals surface area contributed by atoms with E-state index >= 15 is 0 Å². The molecule has 0 aromatic rings. The second-order valence-electron chi connectivity index (χ2n) is 7.33. The van der Waals surface area contributed by atoms with Gasteiger partial charge >= 0.3 is 155 Å². The van der Waals surface area contributed by atoms with Crippen molar-refractivity contribution in [3.63, 3.8) is 0 Å². The summed E-state index contributed by atoms with van der Waals surface area (Å²) in [5.74, 6) is 0. The summed E-state index contributed by atoms with van der Waals surface area (Å²) in [5, 5.41) is 8.94. The van der Waals surface area contributed by atoms with Crippen LogP contribution in [0.15, 0.2) is 21.3 Å². The third-order valence-electron chi connectivity index (χ3n) is 5.40. The van der Waals surface area contributed by atoms with Crippen LogP contribution in [0.1, 0.15) is 72.1 Å². The molecule has 0 aliphatic heterocycles. The maximum atomic E-state index is 8.94. The normalized spacial score (nSPS) is 14.8. The van der Waals surface area contributed by atoms with Crippen molar-refractivity contribution >= 4 is 18.4 Å². The number of hydrogen-bond acceptors (Lipinski definition) is 2. The van der Waals surface area contributed by atoms with Gasteiger partial charge in [0.1, 0.15) is 0 Å². The predicted molar refractivity (Wildman–Crippen MR) is 108 cm³/mol. The van der Waals surface area contributed by atoms with Crippen LogP contribution in [0.25, 0.3) is 0 Å². The van der Waals surface area contributed by atoms with Gasteiger partial charge in [-0.15, -0.1) is 0 Å². The van der Waals surface area contributed by atoms with E-state index in [9.17, 15) is 0 Å². The Balaban J connectivity index is 2.94. The minimum atomic E-state index is -2.27. The second-order valence-corrected chi connectivity index (χ2v) is 20.6. The first-order valence-electron chi connectivity index (χ1n) is 10.3. The first kappa shape index (κ1) is 22.2. The molecule has 24 heavy (non-hydrogen) atoms. The fourth-order valence-corrected chi connectivity index (χ4v) is 21.5. The van der Waals surface area contributed by atoms with Gasteiger partial charge < -0.3 is 0 Å². The fraction of sp³-hybridized carbons (Fsp3) is 0.810. The molecule has 1 aliphatic rings. The maximum absolute atomic E-state index is 8.94. The molecule has 0 unspecified atom stereocenters. The molecule has 0 bridgehead atoms. The summed E-state index contributed by atoms with van der Waals surface area (Å²) in [6, 6.07) is 0. The van der Waals surface area contributed by atoms with Crippen molar-refractivity contribution < 1.29 is 9.84 Å². The van der Waals surface area contributed by atoms with Gasteiger partial charge in [0.2, 0.25) is 0 Å². The van der Waals surface area contributed by atoms with Crippen molar-refractivity contribution in [2.24, 2.45) is 0 Å². The molecular weight excluding hydrogens is 403 g/mol. The Morgan fingerprint density at radius 3 is 2.04 bits per heavy atom. The number of ether oxygens (including phenoxy) is 1. The molecule has 3 heteroatoms. The minimum absolute atomic E-state index is 0.231. The molecular formula is C21H40O2Sn. The zero-order chi connectivity index (χ0) is 17.7. The van der Waals surface area contributed by atoms with Gasteiger partial charge in [-0.25, -0.2) is 0 Å². The molecule has 1 aliphatic carbocycles. The van der Waals surface area contributed by atoms with E-state index in [1.165, 1.54) is 50.5 Å². The third-order valence-corrected chi connectivity index (χ3v) is 21.8. The SMILES string of the molecule is CCC[CH2][Sn]([CH2]CCC)([CH2]CCC)[C]1=C(COCCCO)C=CC1. The van der Waals surface area contributed by atoms with Crippen molar-refractivity contribution in [3.8, 4) is 0 Å². The van der Waals surface area contributed by atoms with Gasteiger partial charge in [0.15, 0.2) is 0 Å². The summed E-state index contributed by atoms with van der Waals surface area (Å²) in [7, 11) is 0. The van der Waals surface area contributed by atoms with E-state index in [1.807, 2.05) is 3.59 Å². The Morgan fingerprint density at radius 1 is 0.958 bits per heavy atom. The predicted octanol–water partition coefficient (Wildman–Crippen LogP) is 6.03. The average Bonchev–Trinajstić information content (AvgIpc) is 3.07. The fourth-order valence-electron chi connectivity index (χ4n) is 3.96. The molecule has 1 rings (SSSR count). The van der Waals surface area contributed by atoms with Gasteiger partial charge in [-0.2, -0.15) is 0 Å². The second kappa shape index (κ2) is 13.4. The topological polar surface area (TPSA) is 29.5 Å². The van der Waals surface area contributed by atoms with Gasteiger partial charge in [0, 0.05) is 0 Å². The molecule has 0 aromatic carbocycles. The Kier molecular flexibility index (Phi) is 12.4. The summed E-state index contributed by atoms with van der Waals surface area (Å²) < 4.78 is 12.4. The molecule has 0 spiro atoms. The number of allylic oxidation sites excluding steroid dienone is 2. The van der Waals surface area contributed by atoms with Crippen LogP contribution in [0.3, 0.4) is 0 Å². The molecule has 0 atom stereocenters. The van der Waals surface area contributed by atoms with E-state index < -0.39 is 18.4 Å². The van der Waals surface area contributed by atoms with Crippen molar-refractivity contribution in [1.82, 2.24) is 0 Å². The molecule has 0 amide bonds. The van der Waals surface area contributed by atoms with E-state index in [1.54, 1.807) is 13.3 Å². The Morgan fingerprint density at radius 2 is 1.54 bits per heavy atom. The summed E-state index contributed by atoms with van der Waals surface area (Å²) in [5.41, 5.74) is 1.52. The van der Waals surface area contributed by atoms with Crippen LogP contribution in [0.2, 0.25) is 13.3 Å². The molecule has 140 valence electrons. The monoisotopic (exact) mass is 444 g/mol. The molecule has 0 fully saturated rings. The van der Waals surface area contributed by atoms with Gasteiger partial charge in [-0.05, 0) is 0 Å². The third kappa shape index (κ3) is 7.21. The van der Waals surface area contributed by atoms with Crippen molar-refractivity contribution in [3.05, 3.63) is 21.3 Å². The summed E-state index contributed by atoms with van der Waals surface area (Å²) in [6.45, 7) is 8.72. The van der Waals surface area contributed by atoms with Crippen LogP contribution in [-0.4, -0.2) is 43.3 Å². The van der Waals surface area contributed by atoms with Gasteiger partial charge in [0.25, 0.3) is 0 Å². The number of rotatable bonds is 15. The van der Waals surface area contributed by atoms with E-state index in [0.29, 0.717) is 6.61 Å². The zero-order valence-electron chi connectivity index (χ0n) is 16.4. The number of hydrogen-bond donors (Lipinski definition) is 1. The molecule has 0 aromatic heterocycles. The first-order chi connectivity index (χ1) is 11.7. The van der Waals surface area contributed by atoms with Crippen LogP contribution >= 0.6 is 0 Å². The number of aliphatic hydroxyl groups is 1. The Hall–Kier alpha value is 0.199. The van der Waals surface area contributed by atoms with Gasteiger partial charge in [-0.3, -0.25) is 0 Å². The number of aliphatic hydroxyl groups excluding tert-OH is 1. The van der Waals surface area contributed by atoms with Crippen molar-refractivity contribution in [1.29, 1.82) is 0 Å². The average molecular weight is 443 g/mol. The van der Waals surface area contributed by atoms with E-state index in [-0.39, 0.29) is 6.61 Å². The number of unbranched alkanes of at least 4 members (excludes halogenated alkanes) is 3. The molecule has 0 saturated carbocycles. The van der Waals surface area contributed by atoms with Crippen LogP contribution in [0, 0.1) is 0 Å².